The largest absolute Gasteiger partial charge is 0.545 e. The molecule has 0 atom stereocenters. The molecule has 0 unspecified atom stereocenters. The maximum absolute atomic E-state index is 9.14. The Morgan fingerprint density at radius 1 is 1.00 bits per heavy atom. The second-order valence-electron chi connectivity index (χ2n) is 0.523. The first kappa shape index (κ1) is 22.7. The Bertz CT molecular complexity index is 82.8. The van der Waals surface area contributed by atoms with E-state index in [4.69, 9.17) is 9.90 Å². The fraction of sp³-hybridized carbons (Fsp3) is 0. The molecule has 0 fully saturated rings. The molecule has 0 radical (unpaired) electrons. The number of hydrogen-bond acceptors (Lipinski definition) is 2. The molecule has 0 aromatic carbocycles. The molecule has 0 aliphatic carbocycles. The first-order chi connectivity index (χ1) is 5.27. The molecule has 0 heterocycles. The molecule has 0 saturated heterocycles. The van der Waals surface area contributed by atoms with Gasteiger partial charge in [-0.15, -0.1) is 39.5 Å². The van der Waals surface area contributed by atoms with E-state index in [0.29, 0.717) is 0 Å². The average molecular weight is 155 g/mol. The van der Waals surface area contributed by atoms with E-state index in [1.165, 1.54) is 0 Å². The van der Waals surface area contributed by atoms with E-state index in [1.54, 1.807) is 0 Å². The molecular weight excluding hydrogens is 140 g/mol. The van der Waals surface area contributed by atoms with E-state index < -0.39 is 5.97 Å². The van der Waals surface area contributed by atoms with Crippen molar-refractivity contribution in [1.82, 2.24) is 0 Å². The molecule has 2 nitrogen and oxygen atoms in total. The lowest BCUT2D eigenvalue weighted by atomic mass is 10.7. The van der Waals surface area contributed by atoms with Crippen LogP contribution in [0, 0.1) is 0 Å². The highest BCUT2D eigenvalue weighted by molar-refractivity contribution is 5.76. The van der Waals surface area contributed by atoms with Gasteiger partial charge in [0.2, 0.25) is 0 Å². The molecule has 11 heavy (non-hydrogen) atoms. The summed E-state index contributed by atoms with van der Waals surface area (Å²) in [5.41, 5.74) is 0. The van der Waals surface area contributed by atoms with Crippen LogP contribution in [0.1, 0.15) is 0 Å². The van der Waals surface area contributed by atoms with E-state index >= 15 is 0 Å². The predicted octanol–water partition coefficient (Wildman–Crippen LogP) is 1.33. The van der Waals surface area contributed by atoms with Gasteiger partial charge in [-0.2, -0.15) is 0 Å². The van der Waals surface area contributed by atoms with E-state index in [-0.39, 0.29) is 0 Å². The third-order valence-corrected chi connectivity index (χ3v) is 0.167. The molecule has 0 aromatic rings. The molecule has 64 valence electrons. The van der Waals surface area contributed by atoms with Crippen molar-refractivity contribution in [1.29, 1.82) is 0 Å². The molecule has 0 bridgehead atoms. The zero-order valence-electron chi connectivity index (χ0n) is 6.84. The number of carboxylic acids is 1. The second kappa shape index (κ2) is 78.8. The molecule has 0 rings (SSSR count). The van der Waals surface area contributed by atoms with Crippen molar-refractivity contribution < 1.29 is 9.90 Å². The maximum atomic E-state index is 9.14. The number of aliphatic carboxylic acids is 1. The van der Waals surface area contributed by atoms with Gasteiger partial charge in [-0.25, -0.2) is 0 Å². The summed E-state index contributed by atoms with van der Waals surface area (Å²) in [6, 6.07) is 0. The van der Waals surface area contributed by atoms with Gasteiger partial charge in [0.1, 0.15) is 0 Å². The first-order valence-electron chi connectivity index (χ1n) is 2.61. The van der Waals surface area contributed by atoms with E-state index in [9.17, 15) is 0 Å². The van der Waals surface area contributed by atoms with Crippen LogP contribution in [0.2, 0.25) is 0 Å². The smallest absolute Gasteiger partial charge is 0.0636 e. The highest BCUT2D eigenvalue weighted by Crippen LogP contribution is 1.47. The lowest BCUT2D eigenvalue weighted by Gasteiger charge is -1.81. The van der Waals surface area contributed by atoms with Crippen molar-refractivity contribution in [3.63, 3.8) is 0 Å². The average Bonchev–Trinajstić information content (AvgIpc) is 2.15. The Morgan fingerprint density at radius 3 is 1.09 bits per heavy atom. The monoisotopic (exact) mass is 155 g/mol. The van der Waals surface area contributed by atoms with Crippen LogP contribution in [-0.2, 0) is 4.79 Å². The summed E-state index contributed by atoms with van der Waals surface area (Å²) in [5.74, 6) is -1.23. The highest BCUT2D eigenvalue weighted by Gasteiger charge is 1.55. The summed E-state index contributed by atoms with van der Waals surface area (Å²) < 4.78 is 0. The van der Waals surface area contributed by atoms with Gasteiger partial charge in [0.15, 0.2) is 0 Å². The maximum Gasteiger partial charge on any atom is 0.0636 e. The first-order valence-corrected chi connectivity index (χ1v) is 2.61. The Hall–Kier alpha value is -1.57. The SMILES string of the molecule is C=C.C=C.C=C.C=CC(=O)[O-]. The summed E-state index contributed by atoms with van der Waals surface area (Å²) in [6.45, 7) is 20.9. The molecule has 0 amide bonds. The molecule has 2 heteroatoms. The van der Waals surface area contributed by atoms with E-state index in [0.717, 1.165) is 6.08 Å². The normalized spacial score (nSPS) is 4.00. The van der Waals surface area contributed by atoms with Crippen molar-refractivity contribution in [3.05, 3.63) is 52.1 Å². The van der Waals surface area contributed by atoms with Gasteiger partial charge in [0.25, 0.3) is 0 Å². The van der Waals surface area contributed by atoms with Crippen LogP contribution in [0.15, 0.2) is 52.1 Å². The summed E-state index contributed by atoms with van der Waals surface area (Å²) in [6.07, 6.45) is 0.722. The van der Waals surface area contributed by atoms with E-state index in [2.05, 4.69) is 46.1 Å². The molecule has 0 N–H and O–H groups in total. The number of rotatable bonds is 1. The molecule has 0 spiro atoms. The van der Waals surface area contributed by atoms with Crippen molar-refractivity contribution in [2.75, 3.05) is 0 Å². The minimum absolute atomic E-state index is 0.722. The summed E-state index contributed by atoms with van der Waals surface area (Å²) >= 11 is 0. The van der Waals surface area contributed by atoms with Gasteiger partial charge >= 0.3 is 0 Å². The Morgan fingerprint density at radius 2 is 1.09 bits per heavy atom. The summed E-state index contributed by atoms with van der Waals surface area (Å²) in [4.78, 5) is 9.14. The Labute approximate surface area is 68.9 Å². The van der Waals surface area contributed by atoms with Crippen LogP contribution in [0.5, 0.6) is 0 Å². The standard InChI is InChI=1S/C3H4O2.3C2H4/c1-2-3(4)5;3*1-2/h2H,1H2,(H,4,5);3*1-2H2/p-1. The fourth-order valence-corrected chi connectivity index (χ4v) is 0. The molecule has 0 aliphatic heterocycles. The highest BCUT2D eigenvalue weighted by atomic mass is 16.4. The van der Waals surface area contributed by atoms with Gasteiger partial charge < -0.3 is 9.90 Å². The topological polar surface area (TPSA) is 40.1 Å². The van der Waals surface area contributed by atoms with Gasteiger partial charge in [-0.3, -0.25) is 0 Å². The molecule has 0 saturated carbocycles. The third-order valence-electron chi connectivity index (χ3n) is 0.167. The van der Waals surface area contributed by atoms with Crippen LogP contribution < -0.4 is 5.11 Å². The summed E-state index contributed by atoms with van der Waals surface area (Å²) in [7, 11) is 0. The van der Waals surface area contributed by atoms with Crippen molar-refractivity contribution in [2.45, 2.75) is 0 Å². The second-order valence-corrected chi connectivity index (χ2v) is 0.523. The van der Waals surface area contributed by atoms with Crippen molar-refractivity contribution >= 4 is 5.97 Å². The Kier molecular flexibility index (Phi) is 163. The minimum atomic E-state index is -1.23. The zero-order chi connectivity index (χ0) is 10.3. The number of carboxylic acid groups (broad SMARTS) is 1. The van der Waals surface area contributed by atoms with Gasteiger partial charge in [0.05, 0.1) is 5.97 Å². The predicted molar refractivity (Wildman–Crippen MR) is 49.0 cm³/mol. The summed E-state index contributed by atoms with van der Waals surface area (Å²) in [5, 5.41) is 9.14. The van der Waals surface area contributed by atoms with Crippen LogP contribution in [-0.4, -0.2) is 5.97 Å². The van der Waals surface area contributed by atoms with Crippen LogP contribution in [0.25, 0.3) is 0 Å². The van der Waals surface area contributed by atoms with Crippen molar-refractivity contribution in [3.8, 4) is 0 Å². The third kappa shape index (κ3) is 1890. The Balaban J connectivity index is -0.0000000350. The van der Waals surface area contributed by atoms with Crippen molar-refractivity contribution in [2.24, 2.45) is 0 Å². The van der Waals surface area contributed by atoms with Gasteiger partial charge in [0, 0.05) is 0 Å². The molecule has 0 aromatic heterocycles. The van der Waals surface area contributed by atoms with Crippen LogP contribution in [0.4, 0.5) is 0 Å². The van der Waals surface area contributed by atoms with Gasteiger partial charge in [-0.1, -0.05) is 6.58 Å². The lowest BCUT2D eigenvalue weighted by molar-refractivity contribution is -0.297. The lowest BCUT2D eigenvalue weighted by Crippen LogP contribution is -2.17. The quantitative estimate of drug-likeness (QED) is 0.423. The van der Waals surface area contributed by atoms with Gasteiger partial charge in [-0.05, 0) is 6.08 Å². The fourth-order valence-electron chi connectivity index (χ4n) is 0. The molecular formula is C9H15O2-. The van der Waals surface area contributed by atoms with Crippen LogP contribution >= 0.6 is 0 Å². The number of carbonyl (C=O) groups is 1. The van der Waals surface area contributed by atoms with E-state index in [1.807, 2.05) is 0 Å². The number of hydrogen-bond donors (Lipinski definition) is 0. The zero-order valence-corrected chi connectivity index (χ0v) is 6.84. The van der Waals surface area contributed by atoms with Crippen LogP contribution in [0.3, 0.4) is 0 Å². The number of carbonyl (C=O) groups excluding carboxylic acids is 1. The molecule has 0 aliphatic rings. The minimum Gasteiger partial charge on any atom is -0.545 e.